The number of nitrogens with zero attached hydrogens (tertiary/aromatic N) is 1. The fourth-order valence-electron chi connectivity index (χ4n) is 3.57. The number of nitrogens with one attached hydrogen (secondary N) is 1. The van der Waals surface area contributed by atoms with Crippen LogP contribution in [0.4, 0.5) is 0 Å². The molecule has 0 aromatic heterocycles. The van der Waals surface area contributed by atoms with Crippen LogP contribution in [0.5, 0.6) is 0 Å². The smallest absolute Gasteiger partial charge is 0.0198 e. The summed E-state index contributed by atoms with van der Waals surface area (Å²) in [6.45, 7) is 6.01. The van der Waals surface area contributed by atoms with E-state index in [0.717, 1.165) is 18.0 Å². The minimum Gasteiger partial charge on any atom is -0.310 e. The molecule has 0 amide bonds. The number of hydrogen-bond donors (Lipinski definition) is 1. The van der Waals surface area contributed by atoms with Crippen molar-refractivity contribution in [3.8, 4) is 0 Å². The number of benzene rings is 1. The third kappa shape index (κ3) is 3.44. The van der Waals surface area contributed by atoms with Gasteiger partial charge in [0, 0.05) is 23.1 Å². The molecule has 110 valence electrons. The van der Waals surface area contributed by atoms with Gasteiger partial charge < -0.3 is 10.2 Å². The van der Waals surface area contributed by atoms with Crippen LogP contribution in [0, 0.1) is 0 Å². The number of likely N-dealkylation sites (N-methyl/N-ethyl adjacent to an activating group) is 1. The van der Waals surface area contributed by atoms with Crippen molar-refractivity contribution in [2.45, 2.75) is 50.6 Å². The highest BCUT2D eigenvalue weighted by molar-refractivity contribution is 9.10. The van der Waals surface area contributed by atoms with Crippen molar-refractivity contribution in [1.29, 1.82) is 0 Å². The Kier molecular flexibility index (Phi) is 4.79. The molecule has 1 aliphatic heterocycles. The Labute approximate surface area is 131 Å². The van der Waals surface area contributed by atoms with Crippen molar-refractivity contribution in [3.05, 3.63) is 34.3 Å². The van der Waals surface area contributed by atoms with E-state index in [2.05, 4.69) is 57.3 Å². The molecule has 1 unspecified atom stereocenters. The van der Waals surface area contributed by atoms with Gasteiger partial charge in [0.05, 0.1) is 0 Å². The molecule has 1 aliphatic carbocycles. The molecule has 1 saturated heterocycles. The standard InChI is InChI=1S/C17H25BrN2/c1-2-20-9-3-4-16(12-20)19-17-10-14(11-17)13-5-7-15(18)8-6-13/h5-8,14,16-17,19H,2-4,9-12H2,1H3. The summed E-state index contributed by atoms with van der Waals surface area (Å²) < 4.78 is 1.18. The average molecular weight is 337 g/mol. The first kappa shape index (κ1) is 14.6. The number of piperidine rings is 1. The molecule has 0 spiro atoms. The summed E-state index contributed by atoms with van der Waals surface area (Å²) in [7, 11) is 0. The van der Waals surface area contributed by atoms with E-state index >= 15 is 0 Å². The molecule has 1 heterocycles. The molecule has 0 bridgehead atoms. The van der Waals surface area contributed by atoms with E-state index in [1.165, 1.54) is 55.4 Å². The van der Waals surface area contributed by atoms with Gasteiger partial charge in [-0.1, -0.05) is 35.0 Å². The first-order valence-electron chi connectivity index (χ1n) is 7.98. The van der Waals surface area contributed by atoms with Gasteiger partial charge in [0.1, 0.15) is 0 Å². The molecule has 2 nitrogen and oxygen atoms in total. The Morgan fingerprint density at radius 2 is 1.95 bits per heavy atom. The molecule has 1 saturated carbocycles. The molecular weight excluding hydrogens is 312 g/mol. The summed E-state index contributed by atoms with van der Waals surface area (Å²) in [5.74, 6) is 0.770. The Morgan fingerprint density at radius 1 is 1.20 bits per heavy atom. The second-order valence-electron chi connectivity index (χ2n) is 6.32. The van der Waals surface area contributed by atoms with Gasteiger partial charge in [-0.3, -0.25) is 0 Å². The zero-order chi connectivity index (χ0) is 13.9. The molecule has 3 rings (SSSR count). The van der Waals surface area contributed by atoms with Gasteiger partial charge in [0.25, 0.3) is 0 Å². The predicted molar refractivity (Wildman–Crippen MR) is 88.2 cm³/mol. The number of halogens is 1. The van der Waals surface area contributed by atoms with Gasteiger partial charge in [-0.2, -0.15) is 0 Å². The summed E-state index contributed by atoms with van der Waals surface area (Å²) >= 11 is 3.51. The lowest BCUT2D eigenvalue weighted by atomic mass is 9.75. The molecule has 20 heavy (non-hydrogen) atoms. The maximum absolute atomic E-state index is 3.88. The zero-order valence-electron chi connectivity index (χ0n) is 12.3. The van der Waals surface area contributed by atoms with E-state index in [9.17, 15) is 0 Å². The van der Waals surface area contributed by atoms with Crippen LogP contribution in [-0.4, -0.2) is 36.6 Å². The summed E-state index contributed by atoms with van der Waals surface area (Å²) in [5.41, 5.74) is 1.50. The van der Waals surface area contributed by atoms with Crippen molar-refractivity contribution < 1.29 is 0 Å². The quantitative estimate of drug-likeness (QED) is 0.900. The second kappa shape index (κ2) is 6.59. The van der Waals surface area contributed by atoms with Crippen LogP contribution in [0.15, 0.2) is 28.7 Å². The van der Waals surface area contributed by atoms with Gasteiger partial charge in [-0.15, -0.1) is 0 Å². The van der Waals surface area contributed by atoms with E-state index in [1.54, 1.807) is 0 Å². The largest absolute Gasteiger partial charge is 0.310 e. The maximum atomic E-state index is 3.88. The summed E-state index contributed by atoms with van der Waals surface area (Å²) in [6.07, 6.45) is 5.33. The first-order chi connectivity index (χ1) is 9.74. The van der Waals surface area contributed by atoms with Crippen LogP contribution >= 0.6 is 15.9 Å². The van der Waals surface area contributed by atoms with Crippen molar-refractivity contribution in [3.63, 3.8) is 0 Å². The van der Waals surface area contributed by atoms with E-state index in [-0.39, 0.29) is 0 Å². The molecule has 2 fully saturated rings. The van der Waals surface area contributed by atoms with Crippen LogP contribution in [0.2, 0.25) is 0 Å². The highest BCUT2D eigenvalue weighted by Gasteiger charge is 2.32. The number of rotatable bonds is 4. The lowest BCUT2D eigenvalue weighted by Gasteiger charge is -2.41. The molecular formula is C17H25BrN2. The highest BCUT2D eigenvalue weighted by Crippen LogP contribution is 2.37. The third-order valence-electron chi connectivity index (χ3n) is 4.90. The Bertz CT molecular complexity index is 425. The van der Waals surface area contributed by atoms with Crippen LogP contribution < -0.4 is 5.32 Å². The van der Waals surface area contributed by atoms with E-state index in [4.69, 9.17) is 0 Å². The first-order valence-corrected chi connectivity index (χ1v) is 8.77. The third-order valence-corrected chi connectivity index (χ3v) is 5.43. The van der Waals surface area contributed by atoms with Crippen molar-refractivity contribution in [2.24, 2.45) is 0 Å². The van der Waals surface area contributed by atoms with Crippen molar-refractivity contribution in [1.82, 2.24) is 10.2 Å². The average Bonchev–Trinajstić information content (AvgIpc) is 2.44. The molecule has 2 aliphatic rings. The second-order valence-corrected chi connectivity index (χ2v) is 7.23. The van der Waals surface area contributed by atoms with Gasteiger partial charge in [-0.25, -0.2) is 0 Å². The van der Waals surface area contributed by atoms with E-state index < -0.39 is 0 Å². The Balaban J connectivity index is 1.45. The Morgan fingerprint density at radius 3 is 2.65 bits per heavy atom. The zero-order valence-corrected chi connectivity index (χ0v) is 13.9. The van der Waals surface area contributed by atoms with Crippen LogP contribution in [0.25, 0.3) is 0 Å². The molecule has 0 radical (unpaired) electrons. The lowest BCUT2D eigenvalue weighted by Crippen LogP contribution is -2.52. The SMILES string of the molecule is CCN1CCCC(NC2CC(c3ccc(Br)cc3)C2)C1. The molecule has 3 heteroatoms. The van der Waals surface area contributed by atoms with Crippen molar-refractivity contribution in [2.75, 3.05) is 19.6 Å². The summed E-state index contributed by atoms with van der Waals surface area (Å²) in [5, 5.41) is 3.88. The van der Waals surface area contributed by atoms with Gasteiger partial charge in [-0.05, 0) is 62.4 Å². The maximum Gasteiger partial charge on any atom is 0.0198 e. The topological polar surface area (TPSA) is 15.3 Å². The van der Waals surface area contributed by atoms with Crippen molar-refractivity contribution >= 4 is 15.9 Å². The fraction of sp³-hybridized carbons (Fsp3) is 0.647. The Hall–Kier alpha value is -0.380. The minimum absolute atomic E-state index is 0.722. The van der Waals surface area contributed by atoms with Crippen LogP contribution in [0.3, 0.4) is 0 Å². The molecule has 1 atom stereocenters. The van der Waals surface area contributed by atoms with E-state index in [0.29, 0.717) is 0 Å². The number of likely N-dealkylation sites (tertiary alicyclic amines) is 1. The van der Waals surface area contributed by atoms with Gasteiger partial charge >= 0.3 is 0 Å². The van der Waals surface area contributed by atoms with E-state index in [1.807, 2.05) is 0 Å². The lowest BCUT2D eigenvalue weighted by molar-refractivity contribution is 0.167. The molecule has 1 aromatic carbocycles. The highest BCUT2D eigenvalue weighted by atomic mass is 79.9. The predicted octanol–water partition coefficient (Wildman–Crippen LogP) is 3.77. The normalized spacial score (nSPS) is 31.0. The number of hydrogen-bond acceptors (Lipinski definition) is 2. The summed E-state index contributed by atoms with van der Waals surface area (Å²) in [6, 6.07) is 10.3. The van der Waals surface area contributed by atoms with Crippen LogP contribution in [0.1, 0.15) is 44.1 Å². The fourth-order valence-corrected chi connectivity index (χ4v) is 3.84. The van der Waals surface area contributed by atoms with Gasteiger partial charge in [0.2, 0.25) is 0 Å². The van der Waals surface area contributed by atoms with Gasteiger partial charge in [0.15, 0.2) is 0 Å². The molecule has 1 aromatic rings. The summed E-state index contributed by atoms with van der Waals surface area (Å²) in [4.78, 5) is 2.58. The van der Waals surface area contributed by atoms with Crippen LogP contribution in [-0.2, 0) is 0 Å². The molecule has 1 N–H and O–H groups in total. The minimum atomic E-state index is 0.722. The monoisotopic (exact) mass is 336 g/mol.